The van der Waals surface area contributed by atoms with Gasteiger partial charge in [0.1, 0.15) is 6.04 Å². The molecule has 0 aromatic heterocycles. The molecular formula is C18H29N3O. The van der Waals surface area contributed by atoms with Crippen LogP contribution in [0.3, 0.4) is 0 Å². The second kappa shape index (κ2) is 6.29. The normalized spacial score (nSPS) is 21.2. The third kappa shape index (κ3) is 2.98. The Kier molecular flexibility index (Phi) is 4.81. The van der Waals surface area contributed by atoms with Gasteiger partial charge in [0, 0.05) is 11.2 Å². The van der Waals surface area contributed by atoms with Gasteiger partial charge in [-0.15, -0.1) is 0 Å². The number of aryl methyl sites for hydroxylation is 1. The fourth-order valence-electron chi connectivity index (χ4n) is 3.90. The van der Waals surface area contributed by atoms with Gasteiger partial charge in [0.2, 0.25) is 0 Å². The maximum absolute atomic E-state index is 12.4. The molecular weight excluding hydrogens is 274 g/mol. The molecule has 1 heterocycles. The van der Waals surface area contributed by atoms with E-state index in [0.717, 1.165) is 19.3 Å². The van der Waals surface area contributed by atoms with E-state index in [-0.39, 0.29) is 17.5 Å². The third-order valence-electron chi connectivity index (χ3n) is 4.75. The standard InChI is InChI=1S/C18H29N3O/c1-6-7-15(17(22)20-19)21-16-10-12(2)8-9-14(16)13(3)11-18(21,4)5/h8-10,13,15H,6-7,11,19H2,1-5H3,(H,20,22)/t13-,15-/m1/s1. The molecule has 22 heavy (non-hydrogen) atoms. The number of nitrogens with zero attached hydrogens (tertiary/aromatic N) is 1. The van der Waals surface area contributed by atoms with Gasteiger partial charge in [-0.2, -0.15) is 0 Å². The molecule has 1 aliphatic heterocycles. The van der Waals surface area contributed by atoms with Crippen LogP contribution >= 0.6 is 0 Å². The molecule has 0 bridgehead atoms. The molecule has 1 aromatic carbocycles. The van der Waals surface area contributed by atoms with E-state index in [0.29, 0.717) is 5.92 Å². The van der Waals surface area contributed by atoms with E-state index in [1.807, 2.05) is 0 Å². The zero-order chi connectivity index (χ0) is 16.5. The maximum Gasteiger partial charge on any atom is 0.256 e. The first-order valence-electron chi connectivity index (χ1n) is 8.22. The van der Waals surface area contributed by atoms with Gasteiger partial charge in [-0.25, -0.2) is 5.84 Å². The summed E-state index contributed by atoms with van der Waals surface area (Å²) in [5, 5.41) is 0. The van der Waals surface area contributed by atoms with Crippen molar-refractivity contribution in [1.29, 1.82) is 0 Å². The number of rotatable bonds is 4. The van der Waals surface area contributed by atoms with E-state index in [2.05, 4.69) is 63.1 Å². The molecule has 122 valence electrons. The molecule has 1 aromatic rings. The first kappa shape index (κ1) is 16.8. The average molecular weight is 303 g/mol. The van der Waals surface area contributed by atoms with Crippen molar-refractivity contribution in [2.45, 2.75) is 71.4 Å². The first-order valence-corrected chi connectivity index (χ1v) is 8.22. The third-order valence-corrected chi connectivity index (χ3v) is 4.75. The Morgan fingerprint density at radius 2 is 2.18 bits per heavy atom. The van der Waals surface area contributed by atoms with Gasteiger partial charge >= 0.3 is 0 Å². The molecule has 0 saturated heterocycles. The van der Waals surface area contributed by atoms with Crippen molar-refractivity contribution >= 4 is 11.6 Å². The number of hydrogen-bond acceptors (Lipinski definition) is 3. The van der Waals surface area contributed by atoms with Crippen molar-refractivity contribution in [3.05, 3.63) is 29.3 Å². The summed E-state index contributed by atoms with van der Waals surface area (Å²) in [4.78, 5) is 14.7. The minimum atomic E-state index is -0.224. The van der Waals surface area contributed by atoms with Crippen LogP contribution in [0.2, 0.25) is 0 Å². The van der Waals surface area contributed by atoms with Crippen molar-refractivity contribution in [3.63, 3.8) is 0 Å². The molecule has 1 aliphatic rings. The molecule has 0 fully saturated rings. The Hall–Kier alpha value is -1.55. The van der Waals surface area contributed by atoms with Crippen LogP contribution in [0, 0.1) is 6.92 Å². The smallest absolute Gasteiger partial charge is 0.256 e. The van der Waals surface area contributed by atoms with Gasteiger partial charge in [-0.1, -0.05) is 32.4 Å². The Morgan fingerprint density at radius 1 is 1.50 bits per heavy atom. The lowest BCUT2D eigenvalue weighted by Crippen LogP contribution is -2.59. The quantitative estimate of drug-likeness (QED) is 0.510. The predicted octanol–water partition coefficient (Wildman–Crippen LogP) is 3.25. The number of nitrogens with one attached hydrogen (secondary N) is 1. The van der Waals surface area contributed by atoms with E-state index in [1.54, 1.807) is 0 Å². The van der Waals surface area contributed by atoms with Crippen molar-refractivity contribution in [3.8, 4) is 0 Å². The molecule has 3 N–H and O–H groups in total. The fraction of sp³-hybridized carbons (Fsp3) is 0.611. The van der Waals surface area contributed by atoms with Crippen LogP contribution in [0.15, 0.2) is 18.2 Å². The highest BCUT2D eigenvalue weighted by Crippen LogP contribution is 2.45. The lowest BCUT2D eigenvalue weighted by molar-refractivity contribution is -0.123. The maximum atomic E-state index is 12.4. The van der Waals surface area contributed by atoms with Crippen LogP contribution in [0.4, 0.5) is 5.69 Å². The van der Waals surface area contributed by atoms with E-state index in [4.69, 9.17) is 5.84 Å². The highest BCUT2D eigenvalue weighted by atomic mass is 16.2. The SMILES string of the molecule is CCC[C@H](C(=O)NN)N1c2cc(C)ccc2[C@H](C)CC1(C)C. The molecule has 0 saturated carbocycles. The first-order chi connectivity index (χ1) is 10.3. The zero-order valence-corrected chi connectivity index (χ0v) is 14.4. The van der Waals surface area contributed by atoms with Crippen molar-refractivity contribution in [2.75, 3.05) is 4.90 Å². The van der Waals surface area contributed by atoms with Crippen LogP contribution in [-0.4, -0.2) is 17.5 Å². The average Bonchev–Trinajstić information content (AvgIpc) is 2.44. The molecule has 0 spiro atoms. The van der Waals surface area contributed by atoms with Crippen molar-refractivity contribution in [2.24, 2.45) is 5.84 Å². The van der Waals surface area contributed by atoms with E-state index < -0.39 is 0 Å². The number of anilines is 1. The number of fused-ring (bicyclic) bond motifs is 1. The molecule has 2 rings (SSSR count). The molecule has 0 unspecified atom stereocenters. The minimum absolute atomic E-state index is 0.0768. The highest BCUT2D eigenvalue weighted by molar-refractivity contribution is 5.86. The molecule has 0 radical (unpaired) electrons. The second-order valence-corrected chi connectivity index (χ2v) is 7.16. The van der Waals surface area contributed by atoms with Crippen LogP contribution in [0.1, 0.15) is 64.0 Å². The largest absolute Gasteiger partial charge is 0.354 e. The van der Waals surface area contributed by atoms with Crippen LogP contribution in [0.5, 0.6) is 0 Å². The van der Waals surface area contributed by atoms with E-state index in [1.165, 1.54) is 16.8 Å². The summed E-state index contributed by atoms with van der Waals surface area (Å²) >= 11 is 0. The topological polar surface area (TPSA) is 58.4 Å². The molecule has 4 heteroatoms. The second-order valence-electron chi connectivity index (χ2n) is 7.16. The summed E-state index contributed by atoms with van der Waals surface area (Å²) in [6, 6.07) is 6.35. The Balaban J connectivity index is 2.57. The number of hydrazine groups is 1. The monoisotopic (exact) mass is 303 g/mol. The number of benzene rings is 1. The Bertz CT molecular complexity index is 553. The molecule has 4 nitrogen and oxygen atoms in total. The lowest BCUT2D eigenvalue weighted by atomic mass is 9.78. The summed E-state index contributed by atoms with van der Waals surface area (Å²) < 4.78 is 0. The summed E-state index contributed by atoms with van der Waals surface area (Å²) in [6.07, 6.45) is 2.77. The van der Waals surface area contributed by atoms with Gasteiger partial charge in [-0.3, -0.25) is 10.2 Å². The van der Waals surface area contributed by atoms with E-state index >= 15 is 0 Å². The van der Waals surface area contributed by atoms with Gasteiger partial charge < -0.3 is 4.90 Å². The minimum Gasteiger partial charge on any atom is -0.354 e. The van der Waals surface area contributed by atoms with Gasteiger partial charge in [0.05, 0.1) is 0 Å². The summed E-state index contributed by atoms with van der Waals surface area (Å²) in [7, 11) is 0. The van der Waals surface area contributed by atoms with Crippen molar-refractivity contribution < 1.29 is 4.79 Å². The number of amides is 1. The summed E-state index contributed by atoms with van der Waals surface area (Å²) in [5.41, 5.74) is 6.02. The van der Waals surface area contributed by atoms with Gasteiger partial charge in [0.15, 0.2) is 0 Å². The predicted molar refractivity (Wildman–Crippen MR) is 91.8 cm³/mol. The van der Waals surface area contributed by atoms with E-state index in [9.17, 15) is 4.79 Å². The van der Waals surface area contributed by atoms with Gasteiger partial charge in [0.25, 0.3) is 5.91 Å². The van der Waals surface area contributed by atoms with Crippen LogP contribution in [0.25, 0.3) is 0 Å². The fourth-order valence-corrected chi connectivity index (χ4v) is 3.90. The Morgan fingerprint density at radius 3 is 2.77 bits per heavy atom. The highest BCUT2D eigenvalue weighted by Gasteiger charge is 2.41. The summed E-state index contributed by atoms with van der Waals surface area (Å²) in [5.74, 6) is 5.84. The lowest BCUT2D eigenvalue weighted by Gasteiger charge is -2.50. The van der Waals surface area contributed by atoms with Crippen LogP contribution < -0.4 is 16.2 Å². The molecule has 1 amide bonds. The molecule has 2 atom stereocenters. The summed E-state index contributed by atoms with van der Waals surface area (Å²) in [6.45, 7) is 10.9. The van der Waals surface area contributed by atoms with Crippen molar-refractivity contribution in [1.82, 2.24) is 5.43 Å². The number of carbonyl (C=O) groups is 1. The van der Waals surface area contributed by atoms with Gasteiger partial charge in [-0.05, 0) is 56.7 Å². The zero-order valence-electron chi connectivity index (χ0n) is 14.4. The Labute approximate surface area is 134 Å². The number of carbonyl (C=O) groups excluding carboxylic acids is 1. The molecule has 0 aliphatic carbocycles. The van der Waals surface area contributed by atoms with Crippen LogP contribution in [-0.2, 0) is 4.79 Å². The number of nitrogens with two attached hydrogens (primary N) is 1. The number of hydrogen-bond donors (Lipinski definition) is 2.